The molecule has 0 radical (unpaired) electrons. The van der Waals surface area contributed by atoms with Gasteiger partial charge >= 0.3 is 12.1 Å². The van der Waals surface area contributed by atoms with Crippen LogP contribution in [0.1, 0.15) is 27.7 Å². The molecule has 2 heterocycles. The SMILES string of the molecule is COC(=O)NC1C(=O)N2C(C(=O)OC(C)(C)C)C(C)=CS[C@H]12. The van der Waals surface area contributed by atoms with Gasteiger partial charge in [0.1, 0.15) is 17.0 Å². The number of hydrogen-bond acceptors (Lipinski definition) is 6. The van der Waals surface area contributed by atoms with Crippen LogP contribution in [0.25, 0.3) is 0 Å². The topological polar surface area (TPSA) is 84.9 Å². The average Bonchev–Trinajstić information content (AvgIpc) is 2.42. The summed E-state index contributed by atoms with van der Waals surface area (Å²) in [6, 6.07) is -1.43. The number of esters is 1. The van der Waals surface area contributed by atoms with E-state index in [1.165, 1.54) is 23.8 Å². The summed E-state index contributed by atoms with van der Waals surface area (Å²) in [5.41, 5.74) is 0.120. The van der Waals surface area contributed by atoms with Gasteiger partial charge in [0.15, 0.2) is 6.04 Å². The Kier molecular flexibility index (Phi) is 4.42. The van der Waals surface area contributed by atoms with E-state index in [0.29, 0.717) is 0 Å². The summed E-state index contributed by atoms with van der Waals surface area (Å²) in [6.07, 6.45) is -0.668. The molecule has 0 bridgehead atoms. The van der Waals surface area contributed by atoms with Crippen molar-refractivity contribution in [1.29, 1.82) is 0 Å². The van der Waals surface area contributed by atoms with Crippen LogP contribution in [-0.4, -0.2) is 53.0 Å². The second-order valence-corrected chi connectivity index (χ2v) is 7.17. The molecule has 7 nitrogen and oxygen atoms in total. The molecule has 0 aliphatic carbocycles. The van der Waals surface area contributed by atoms with E-state index in [1.807, 2.05) is 5.41 Å². The van der Waals surface area contributed by atoms with E-state index in [4.69, 9.17) is 4.74 Å². The third-order valence-electron chi connectivity index (χ3n) is 3.27. The molecule has 1 N–H and O–H groups in total. The predicted octanol–water partition coefficient (Wildman–Crippen LogP) is 1.24. The number of hydrogen-bond donors (Lipinski definition) is 1. The fourth-order valence-electron chi connectivity index (χ4n) is 2.34. The number of amides is 2. The van der Waals surface area contributed by atoms with Crippen LogP contribution < -0.4 is 5.32 Å². The number of carbonyl (C=O) groups excluding carboxylic acids is 3. The van der Waals surface area contributed by atoms with Crippen molar-refractivity contribution in [3.63, 3.8) is 0 Å². The maximum atomic E-state index is 12.4. The first kappa shape index (κ1) is 16.7. The summed E-state index contributed by atoms with van der Waals surface area (Å²) >= 11 is 1.39. The van der Waals surface area contributed by atoms with Crippen LogP contribution in [-0.2, 0) is 19.1 Å². The number of methoxy groups -OCH3 is 1. The van der Waals surface area contributed by atoms with E-state index >= 15 is 0 Å². The fourth-order valence-corrected chi connectivity index (χ4v) is 3.52. The first-order chi connectivity index (χ1) is 10.2. The fraction of sp³-hybridized carbons (Fsp3) is 0.643. The van der Waals surface area contributed by atoms with Crippen LogP contribution in [0.15, 0.2) is 11.0 Å². The Morgan fingerprint density at radius 1 is 1.36 bits per heavy atom. The summed E-state index contributed by atoms with van der Waals surface area (Å²) in [5, 5.41) is 3.98. The van der Waals surface area contributed by atoms with Crippen molar-refractivity contribution in [2.75, 3.05) is 7.11 Å². The zero-order valence-corrected chi connectivity index (χ0v) is 14.0. The summed E-state index contributed by atoms with van der Waals surface area (Å²) < 4.78 is 9.90. The highest BCUT2D eigenvalue weighted by atomic mass is 32.2. The second kappa shape index (κ2) is 5.83. The maximum absolute atomic E-state index is 12.4. The lowest BCUT2D eigenvalue weighted by Gasteiger charge is -2.51. The van der Waals surface area contributed by atoms with Crippen LogP contribution in [0.2, 0.25) is 0 Å². The highest BCUT2D eigenvalue weighted by molar-refractivity contribution is 8.02. The molecule has 1 fully saturated rings. The van der Waals surface area contributed by atoms with E-state index in [9.17, 15) is 14.4 Å². The number of fused-ring (bicyclic) bond motifs is 1. The van der Waals surface area contributed by atoms with Crippen LogP contribution in [0.5, 0.6) is 0 Å². The number of rotatable bonds is 2. The van der Waals surface area contributed by atoms with Gasteiger partial charge in [-0.3, -0.25) is 4.79 Å². The number of nitrogens with one attached hydrogen (secondary N) is 1. The smallest absolute Gasteiger partial charge is 0.407 e. The lowest BCUT2D eigenvalue weighted by atomic mass is 9.98. The molecule has 2 aliphatic rings. The van der Waals surface area contributed by atoms with Gasteiger partial charge in [-0.15, -0.1) is 11.8 Å². The van der Waals surface area contributed by atoms with Crippen molar-refractivity contribution < 1.29 is 23.9 Å². The van der Waals surface area contributed by atoms with Crippen molar-refractivity contribution in [2.45, 2.75) is 50.8 Å². The molecule has 0 aromatic carbocycles. The van der Waals surface area contributed by atoms with Gasteiger partial charge in [-0.05, 0) is 38.7 Å². The van der Waals surface area contributed by atoms with Crippen molar-refractivity contribution in [3.05, 3.63) is 11.0 Å². The minimum atomic E-state index is -0.742. The predicted molar refractivity (Wildman–Crippen MR) is 80.9 cm³/mol. The Morgan fingerprint density at radius 2 is 2.00 bits per heavy atom. The summed E-state index contributed by atoms with van der Waals surface area (Å²) in [6.45, 7) is 7.11. The molecular formula is C14H20N2O5S. The minimum absolute atomic E-state index is 0.314. The average molecular weight is 328 g/mol. The van der Waals surface area contributed by atoms with Crippen molar-refractivity contribution in [2.24, 2.45) is 0 Å². The normalized spacial score (nSPS) is 27.3. The molecular weight excluding hydrogens is 308 g/mol. The third-order valence-corrected chi connectivity index (χ3v) is 4.56. The van der Waals surface area contributed by atoms with Crippen molar-refractivity contribution in [3.8, 4) is 0 Å². The van der Waals surface area contributed by atoms with Crippen LogP contribution in [0.4, 0.5) is 4.79 Å². The highest BCUT2D eigenvalue weighted by Gasteiger charge is 2.56. The first-order valence-corrected chi connectivity index (χ1v) is 7.81. The van der Waals surface area contributed by atoms with Gasteiger partial charge in [0.25, 0.3) is 0 Å². The minimum Gasteiger partial charge on any atom is -0.458 e. The van der Waals surface area contributed by atoms with Gasteiger partial charge in [-0.25, -0.2) is 9.59 Å². The van der Waals surface area contributed by atoms with Crippen molar-refractivity contribution >= 4 is 29.7 Å². The molecule has 0 saturated carbocycles. The Hall–Kier alpha value is -1.70. The highest BCUT2D eigenvalue weighted by Crippen LogP contribution is 2.40. The summed E-state index contributed by atoms with van der Waals surface area (Å²) in [7, 11) is 1.23. The molecule has 1 saturated heterocycles. The molecule has 2 unspecified atom stereocenters. The molecule has 3 atom stereocenters. The first-order valence-electron chi connectivity index (χ1n) is 6.87. The van der Waals surface area contributed by atoms with Crippen LogP contribution >= 0.6 is 11.8 Å². The number of alkyl carbamates (subject to hydrolysis) is 1. The van der Waals surface area contributed by atoms with Crippen LogP contribution in [0, 0.1) is 0 Å². The molecule has 122 valence electrons. The Bertz CT molecular complexity index is 540. The molecule has 0 aromatic heterocycles. The Labute approximate surface area is 133 Å². The van der Waals surface area contributed by atoms with E-state index in [0.717, 1.165) is 5.57 Å². The Morgan fingerprint density at radius 3 is 2.55 bits per heavy atom. The van der Waals surface area contributed by atoms with Gasteiger partial charge in [0.05, 0.1) is 7.11 Å². The molecule has 0 spiro atoms. The Balaban J connectivity index is 2.15. The van der Waals surface area contributed by atoms with Crippen LogP contribution in [0.3, 0.4) is 0 Å². The zero-order chi connectivity index (χ0) is 16.7. The second-order valence-electron chi connectivity index (χ2n) is 6.18. The van der Waals surface area contributed by atoms with Gasteiger partial charge in [0, 0.05) is 0 Å². The van der Waals surface area contributed by atoms with E-state index in [-0.39, 0.29) is 11.3 Å². The lowest BCUT2D eigenvalue weighted by Crippen LogP contribution is -2.74. The number of ether oxygens (including phenoxy) is 2. The van der Waals surface area contributed by atoms with Gasteiger partial charge in [-0.1, -0.05) is 0 Å². The zero-order valence-electron chi connectivity index (χ0n) is 13.2. The molecule has 22 heavy (non-hydrogen) atoms. The van der Waals surface area contributed by atoms with Gasteiger partial charge in [0.2, 0.25) is 5.91 Å². The molecule has 2 amide bonds. The third kappa shape index (κ3) is 3.06. The number of β-lactam (4-membered cyclic amide) rings is 1. The van der Waals surface area contributed by atoms with E-state index in [2.05, 4.69) is 10.1 Å². The molecule has 0 aromatic rings. The maximum Gasteiger partial charge on any atom is 0.407 e. The molecule has 2 aliphatic heterocycles. The number of carbonyl (C=O) groups is 3. The quantitative estimate of drug-likeness (QED) is 0.606. The van der Waals surface area contributed by atoms with E-state index < -0.39 is 29.7 Å². The standard InChI is InChI=1S/C14H20N2O5S/c1-7-6-22-11-8(15-13(19)20-5)10(17)16(11)9(7)12(18)21-14(2,3)4/h6,8-9,11H,1-5H3,(H,15,19)/t8?,9?,11-/m1/s1. The molecule has 8 heteroatoms. The summed E-state index contributed by atoms with van der Waals surface area (Å²) in [5.74, 6) is -0.775. The lowest BCUT2D eigenvalue weighted by molar-refractivity contribution is -0.169. The largest absolute Gasteiger partial charge is 0.458 e. The van der Waals surface area contributed by atoms with Crippen molar-refractivity contribution in [1.82, 2.24) is 10.2 Å². The number of thioether (sulfide) groups is 1. The van der Waals surface area contributed by atoms with E-state index in [1.54, 1.807) is 27.7 Å². The molecule has 2 rings (SSSR count). The monoisotopic (exact) mass is 328 g/mol. The summed E-state index contributed by atoms with van der Waals surface area (Å²) in [4.78, 5) is 37.4. The van der Waals surface area contributed by atoms with Gasteiger partial charge < -0.3 is 19.7 Å². The number of nitrogens with zero attached hydrogens (tertiary/aromatic N) is 1. The van der Waals surface area contributed by atoms with Gasteiger partial charge in [-0.2, -0.15) is 0 Å².